The average Bonchev–Trinajstić information content (AvgIpc) is 3.12. The van der Waals surface area contributed by atoms with Gasteiger partial charge in [0.25, 0.3) is 5.91 Å². The lowest BCUT2D eigenvalue weighted by Gasteiger charge is -2.40. The minimum atomic E-state index is -3.81. The van der Waals surface area contributed by atoms with Crippen LogP contribution in [0.2, 0.25) is 0 Å². The first kappa shape index (κ1) is 24.2. The van der Waals surface area contributed by atoms with Crippen molar-refractivity contribution in [3.8, 4) is 11.8 Å². The summed E-state index contributed by atoms with van der Waals surface area (Å²) in [7, 11) is -3.81. The molecule has 174 valence electrons. The second kappa shape index (κ2) is 8.85. The Hall–Kier alpha value is -2.41. The normalized spacial score (nSPS) is 24.8. The van der Waals surface area contributed by atoms with Gasteiger partial charge in [-0.05, 0) is 57.2 Å². The number of hydrogen-bond donors (Lipinski definition) is 3. The molecule has 0 spiro atoms. The lowest BCUT2D eigenvalue weighted by Crippen LogP contribution is -2.51. The molecular weight excluding hydrogens is 432 g/mol. The van der Waals surface area contributed by atoms with E-state index in [0.29, 0.717) is 24.0 Å². The number of hydrogen-bond acceptors (Lipinski definition) is 7. The molecule has 0 aromatic heterocycles. The number of benzene rings is 1. The second-order valence-electron chi connectivity index (χ2n) is 9.48. The molecule has 1 aliphatic heterocycles. The molecule has 1 aromatic rings. The number of amides is 1. The van der Waals surface area contributed by atoms with E-state index in [-0.39, 0.29) is 6.42 Å². The predicted octanol–water partition coefficient (Wildman–Crippen LogP) is 2.03. The maximum absolute atomic E-state index is 12.1. The standard InChI is InChI=1S/C23H30N2O6S/c1-22(2,27)18-11-16(12-18)6-5-15-7-9-17(10-8-15)20-13-19(31-25-20)14-23(3,21(26)24-28)32(4,29)30/h7-10,16,18-19,27-28H,11-14H2,1-4H3,(H,24,26). The first-order valence-electron chi connectivity index (χ1n) is 10.5. The smallest absolute Gasteiger partial charge is 0.264 e. The highest BCUT2D eigenvalue weighted by Crippen LogP contribution is 2.40. The first-order chi connectivity index (χ1) is 14.8. The van der Waals surface area contributed by atoms with Crippen molar-refractivity contribution in [3.05, 3.63) is 35.4 Å². The van der Waals surface area contributed by atoms with E-state index in [1.54, 1.807) is 0 Å². The third-order valence-corrected chi connectivity index (χ3v) is 8.52. The topological polar surface area (TPSA) is 125 Å². The molecule has 0 bridgehead atoms. The maximum Gasteiger partial charge on any atom is 0.264 e. The van der Waals surface area contributed by atoms with Crippen LogP contribution in [0.4, 0.5) is 0 Å². The monoisotopic (exact) mass is 462 g/mol. The van der Waals surface area contributed by atoms with Gasteiger partial charge in [0.15, 0.2) is 14.6 Å². The van der Waals surface area contributed by atoms with Gasteiger partial charge in [-0.3, -0.25) is 10.0 Å². The van der Waals surface area contributed by atoms with Crippen LogP contribution >= 0.6 is 0 Å². The van der Waals surface area contributed by atoms with Crippen LogP contribution in [-0.2, 0) is 19.5 Å². The Morgan fingerprint density at radius 1 is 1.25 bits per heavy atom. The van der Waals surface area contributed by atoms with E-state index in [1.165, 1.54) is 12.4 Å². The number of carbonyl (C=O) groups is 1. The number of rotatable bonds is 6. The Bertz CT molecular complexity index is 1060. The van der Waals surface area contributed by atoms with Crippen LogP contribution in [0.15, 0.2) is 29.4 Å². The van der Waals surface area contributed by atoms with E-state index >= 15 is 0 Å². The van der Waals surface area contributed by atoms with Crippen LogP contribution in [0.5, 0.6) is 0 Å². The van der Waals surface area contributed by atoms with Gasteiger partial charge < -0.3 is 9.94 Å². The van der Waals surface area contributed by atoms with Crippen LogP contribution < -0.4 is 5.48 Å². The van der Waals surface area contributed by atoms with Gasteiger partial charge in [0.1, 0.15) is 6.10 Å². The van der Waals surface area contributed by atoms with Crippen LogP contribution in [-0.4, -0.2) is 53.1 Å². The first-order valence-corrected chi connectivity index (χ1v) is 12.4. The van der Waals surface area contributed by atoms with E-state index in [9.17, 15) is 18.3 Å². The Kier molecular flexibility index (Phi) is 6.70. The molecule has 2 atom stereocenters. The molecule has 3 N–H and O–H groups in total. The Balaban J connectivity index is 1.59. The number of carbonyl (C=O) groups excluding carboxylic acids is 1. The summed E-state index contributed by atoms with van der Waals surface area (Å²) in [5.74, 6) is 6.03. The van der Waals surface area contributed by atoms with E-state index in [0.717, 1.165) is 30.2 Å². The highest BCUT2D eigenvalue weighted by Gasteiger charge is 2.47. The van der Waals surface area contributed by atoms with Gasteiger partial charge in [-0.15, -0.1) is 0 Å². The van der Waals surface area contributed by atoms with Gasteiger partial charge in [-0.25, -0.2) is 13.9 Å². The molecule has 9 heteroatoms. The molecule has 1 amide bonds. The van der Waals surface area contributed by atoms with Crippen molar-refractivity contribution >= 4 is 21.5 Å². The molecule has 2 unspecified atom stereocenters. The summed E-state index contributed by atoms with van der Waals surface area (Å²) in [6.45, 7) is 4.93. The zero-order valence-corrected chi connectivity index (χ0v) is 19.6. The molecule has 0 saturated heterocycles. The van der Waals surface area contributed by atoms with Gasteiger partial charge in [-0.2, -0.15) is 0 Å². The lowest BCUT2D eigenvalue weighted by molar-refractivity contribution is -0.132. The molecule has 1 fully saturated rings. The maximum atomic E-state index is 12.1. The van der Waals surface area contributed by atoms with Gasteiger partial charge in [0.2, 0.25) is 0 Å². The van der Waals surface area contributed by atoms with Crippen molar-refractivity contribution in [2.24, 2.45) is 17.0 Å². The van der Waals surface area contributed by atoms with Gasteiger partial charge in [-0.1, -0.05) is 29.1 Å². The zero-order valence-electron chi connectivity index (χ0n) is 18.8. The molecule has 1 aliphatic carbocycles. The van der Waals surface area contributed by atoms with Crippen LogP contribution in [0, 0.1) is 23.7 Å². The number of hydroxylamine groups is 1. The third kappa shape index (κ3) is 5.14. The van der Waals surface area contributed by atoms with Gasteiger partial charge >= 0.3 is 0 Å². The molecule has 1 heterocycles. The fraction of sp³-hybridized carbons (Fsp3) is 0.565. The Labute approximate surface area is 188 Å². The van der Waals surface area contributed by atoms with Crippen LogP contribution in [0.1, 0.15) is 57.6 Å². The van der Waals surface area contributed by atoms with E-state index in [4.69, 9.17) is 10.0 Å². The lowest BCUT2D eigenvalue weighted by atomic mass is 9.68. The van der Waals surface area contributed by atoms with Crippen molar-refractivity contribution in [1.29, 1.82) is 0 Å². The predicted molar refractivity (Wildman–Crippen MR) is 120 cm³/mol. The molecular formula is C23H30N2O6S. The third-order valence-electron chi connectivity index (χ3n) is 6.53. The molecule has 2 aliphatic rings. The summed E-state index contributed by atoms with van der Waals surface area (Å²) in [5.41, 5.74) is 3.15. The molecule has 0 radical (unpaired) electrons. The molecule has 32 heavy (non-hydrogen) atoms. The number of nitrogens with one attached hydrogen (secondary N) is 1. The number of sulfone groups is 1. The average molecular weight is 463 g/mol. The highest BCUT2D eigenvalue weighted by atomic mass is 32.2. The van der Waals surface area contributed by atoms with Crippen LogP contribution in [0.3, 0.4) is 0 Å². The SMILES string of the molecule is CC(C)(O)C1CC(C#Cc2ccc(C3=NOC(CC(C)(C(=O)NO)S(C)(=O)=O)C3)cc2)C1. The number of aliphatic hydroxyl groups is 1. The van der Waals surface area contributed by atoms with Crippen molar-refractivity contribution in [2.75, 3.05) is 6.26 Å². The summed E-state index contributed by atoms with van der Waals surface area (Å²) in [6.07, 6.45) is 2.36. The largest absolute Gasteiger partial charge is 0.392 e. The van der Waals surface area contributed by atoms with E-state index < -0.39 is 32.2 Å². The van der Waals surface area contributed by atoms with Gasteiger partial charge in [0.05, 0.1) is 11.3 Å². The molecule has 1 saturated carbocycles. The molecule has 3 rings (SSSR count). The highest BCUT2D eigenvalue weighted by molar-refractivity contribution is 7.92. The number of nitrogens with zero attached hydrogens (tertiary/aromatic N) is 1. The fourth-order valence-electron chi connectivity index (χ4n) is 3.92. The fourth-order valence-corrected chi connectivity index (χ4v) is 4.79. The van der Waals surface area contributed by atoms with E-state index in [1.807, 2.05) is 38.1 Å². The summed E-state index contributed by atoms with van der Waals surface area (Å²) in [4.78, 5) is 17.4. The van der Waals surface area contributed by atoms with Gasteiger partial charge in [0, 0.05) is 30.6 Å². The van der Waals surface area contributed by atoms with E-state index in [2.05, 4.69) is 17.0 Å². The summed E-state index contributed by atoms with van der Waals surface area (Å²) >= 11 is 0. The Morgan fingerprint density at radius 3 is 2.41 bits per heavy atom. The summed E-state index contributed by atoms with van der Waals surface area (Å²) in [6, 6.07) is 7.55. The quantitative estimate of drug-likeness (QED) is 0.337. The summed E-state index contributed by atoms with van der Waals surface area (Å²) in [5, 5.41) is 23.0. The van der Waals surface area contributed by atoms with Crippen molar-refractivity contribution in [3.63, 3.8) is 0 Å². The Morgan fingerprint density at radius 2 is 1.88 bits per heavy atom. The summed E-state index contributed by atoms with van der Waals surface area (Å²) < 4.78 is 22.5. The molecule has 8 nitrogen and oxygen atoms in total. The minimum Gasteiger partial charge on any atom is -0.392 e. The zero-order chi connectivity index (χ0) is 23.7. The van der Waals surface area contributed by atoms with Crippen molar-refractivity contribution in [1.82, 2.24) is 5.48 Å². The van der Waals surface area contributed by atoms with Crippen molar-refractivity contribution < 1.29 is 28.4 Å². The second-order valence-corrected chi connectivity index (χ2v) is 11.9. The van der Waals surface area contributed by atoms with Crippen LogP contribution in [0.25, 0.3) is 0 Å². The minimum absolute atomic E-state index is 0.137. The number of oxime groups is 1. The molecule has 1 aromatic carbocycles. The van der Waals surface area contributed by atoms with Crippen molar-refractivity contribution in [2.45, 2.75) is 62.9 Å².